The van der Waals surface area contributed by atoms with Crippen LogP contribution in [0.2, 0.25) is 0 Å². The second-order valence-corrected chi connectivity index (χ2v) is 7.83. The quantitative estimate of drug-likeness (QED) is 0.519. The summed E-state index contributed by atoms with van der Waals surface area (Å²) in [4.78, 5) is 25.8. The number of anilines is 2. The zero-order valence-electron chi connectivity index (χ0n) is 17.9. The third-order valence-corrected chi connectivity index (χ3v) is 5.52. The van der Waals surface area contributed by atoms with Gasteiger partial charge in [0.25, 0.3) is 5.91 Å². The number of fused-ring (bicyclic) bond motifs is 1. The van der Waals surface area contributed by atoms with E-state index in [0.29, 0.717) is 31.9 Å². The fourth-order valence-electron chi connectivity index (χ4n) is 4.02. The van der Waals surface area contributed by atoms with Gasteiger partial charge in [0.1, 0.15) is 0 Å². The molecular weight excluding hydrogens is 404 g/mol. The maximum absolute atomic E-state index is 12.5. The van der Waals surface area contributed by atoms with Crippen molar-refractivity contribution in [2.45, 2.75) is 6.92 Å². The van der Waals surface area contributed by atoms with Crippen molar-refractivity contribution in [3.8, 4) is 11.3 Å². The van der Waals surface area contributed by atoms with E-state index in [1.165, 1.54) is 6.26 Å². The van der Waals surface area contributed by atoms with Crippen LogP contribution in [0.15, 0.2) is 77.9 Å². The number of carbonyl (C=O) groups excluding carboxylic acids is 1. The number of nitrogens with one attached hydrogen (secondary N) is 1. The Balaban J connectivity index is 1.38. The number of rotatable bonds is 5. The third kappa shape index (κ3) is 3.71. The number of allylic oxidation sites excluding steroid dienone is 1. The largest absolute Gasteiger partial charge is 0.459 e. The molecule has 8 heteroatoms. The van der Waals surface area contributed by atoms with Gasteiger partial charge in [-0.2, -0.15) is 0 Å². The summed E-state index contributed by atoms with van der Waals surface area (Å²) in [5.41, 5.74) is 4.70. The molecule has 4 heterocycles. The van der Waals surface area contributed by atoms with E-state index in [1.54, 1.807) is 18.3 Å². The molecular formula is C24H24N6O2. The van der Waals surface area contributed by atoms with Gasteiger partial charge in [-0.15, -0.1) is 0 Å². The highest BCUT2D eigenvalue weighted by atomic mass is 16.3. The first kappa shape index (κ1) is 19.9. The van der Waals surface area contributed by atoms with Gasteiger partial charge in [0, 0.05) is 55.5 Å². The number of imidazole rings is 1. The molecule has 0 radical (unpaired) electrons. The van der Waals surface area contributed by atoms with Gasteiger partial charge in [-0.1, -0.05) is 18.7 Å². The number of hydrogen-bond acceptors (Lipinski definition) is 6. The van der Waals surface area contributed by atoms with Crippen molar-refractivity contribution in [3.05, 3.63) is 79.3 Å². The summed E-state index contributed by atoms with van der Waals surface area (Å²) in [6.45, 7) is 8.41. The second kappa shape index (κ2) is 8.22. The van der Waals surface area contributed by atoms with Crippen molar-refractivity contribution in [2.24, 2.45) is 0 Å². The van der Waals surface area contributed by atoms with Crippen LogP contribution in [0.5, 0.6) is 0 Å². The van der Waals surface area contributed by atoms with E-state index in [1.807, 2.05) is 36.4 Å². The minimum Gasteiger partial charge on any atom is -0.459 e. The van der Waals surface area contributed by atoms with Crippen LogP contribution < -0.4 is 10.2 Å². The smallest absolute Gasteiger partial charge is 0.289 e. The Morgan fingerprint density at radius 3 is 2.72 bits per heavy atom. The molecule has 0 aliphatic carbocycles. The Bertz CT molecular complexity index is 1270. The highest BCUT2D eigenvalue weighted by Crippen LogP contribution is 2.27. The SMILES string of the molecule is C=C(C)Nc1cccc(-c2cnc3c(N4CCN(C(=O)c5ccco5)CC4)nccn23)c1. The van der Waals surface area contributed by atoms with Gasteiger partial charge in [0.2, 0.25) is 0 Å². The second-order valence-electron chi connectivity index (χ2n) is 7.83. The molecule has 1 amide bonds. The number of furan rings is 1. The van der Waals surface area contributed by atoms with Gasteiger partial charge >= 0.3 is 0 Å². The average Bonchev–Trinajstić information content (AvgIpc) is 3.49. The van der Waals surface area contributed by atoms with E-state index in [2.05, 4.69) is 43.3 Å². The molecule has 1 aliphatic heterocycles. The fraction of sp³-hybridized carbons (Fsp3) is 0.208. The van der Waals surface area contributed by atoms with Crippen LogP contribution in [0.3, 0.4) is 0 Å². The molecule has 4 aromatic rings. The van der Waals surface area contributed by atoms with Gasteiger partial charge < -0.3 is 19.5 Å². The number of aromatic nitrogens is 3. The number of piperazine rings is 1. The predicted molar refractivity (Wildman–Crippen MR) is 124 cm³/mol. The highest BCUT2D eigenvalue weighted by molar-refractivity contribution is 5.91. The Kier molecular flexibility index (Phi) is 5.10. The molecule has 3 aromatic heterocycles. The molecule has 1 N–H and O–H groups in total. The van der Waals surface area contributed by atoms with Gasteiger partial charge in [0.05, 0.1) is 18.2 Å². The standard InChI is InChI=1S/C24H24N6O2/c1-17(2)27-19-6-3-5-18(15-19)20-16-26-23-22(25-8-9-30(20)23)28-10-12-29(13-11-28)24(31)21-7-4-14-32-21/h3-9,14-16,27H,1,10-13H2,2H3. The maximum Gasteiger partial charge on any atom is 0.289 e. The molecule has 1 fully saturated rings. The summed E-state index contributed by atoms with van der Waals surface area (Å²) in [7, 11) is 0. The van der Waals surface area contributed by atoms with Gasteiger partial charge in [-0.05, 0) is 31.2 Å². The van der Waals surface area contributed by atoms with Crippen molar-refractivity contribution in [2.75, 3.05) is 36.4 Å². The minimum atomic E-state index is -0.0767. The van der Waals surface area contributed by atoms with Crippen molar-refractivity contribution < 1.29 is 9.21 Å². The molecule has 1 saturated heterocycles. The molecule has 0 bridgehead atoms. The van der Waals surface area contributed by atoms with E-state index >= 15 is 0 Å². The lowest BCUT2D eigenvalue weighted by molar-refractivity contribution is 0.0714. The summed E-state index contributed by atoms with van der Waals surface area (Å²) >= 11 is 0. The van der Waals surface area contributed by atoms with Crippen LogP contribution in [0.1, 0.15) is 17.5 Å². The van der Waals surface area contributed by atoms with Crippen molar-refractivity contribution in [1.82, 2.24) is 19.3 Å². The van der Waals surface area contributed by atoms with E-state index in [4.69, 9.17) is 4.42 Å². The normalized spacial score (nSPS) is 14.0. The molecule has 1 aromatic carbocycles. The molecule has 162 valence electrons. The summed E-state index contributed by atoms with van der Waals surface area (Å²) in [6, 6.07) is 11.6. The maximum atomic E-state index is 12.5. The Morgan fingerprint density at radius 2 is 1.97 bits per heavy atom. The van der Waals surface area contributed by atoms with Crippen molar-refractivity contribution in [1.29, 1.82) is 0 Å². The lowest BCUT2D eigenvalue weighted by Crippen LogP contribution is -2.49. The van der Waals surface area contributed by atoms with Gasteiger partial charge in [-0.3, -0.25) is 9.20 Å². The van der Waals surface area contributed by atoms with Crippen LogP contribution in [0.25, 0.3) is 16.9 Å². The van der Waals surface area contributed by atoms with Crippen molar-refractivity contribution in [3.63, 3.8) is 0 Å². The zero-order chi connectivity index (χ0) is 22.1. The molecule has 0 unspecified atom stereocenters. The van der Waals surface area contributed by atoms with Gasteiger partial charge in [0.15, 0.2) is 17.2 Å². The summed E-state index contributed by atoms with van der Waals surface area (Å²) in [6.07, 6.45) is 7.12. The first-order valence-corrected chi connectivity index (χ1v) is 10.5. The summed E-state index contributed by atoms with van der Waals surface area (Å²) in [5.74, 6) is 1.12. The van der Waals surface area contributed by atoms with Crippen LogP contribution in [-0.4, -0.2) is 51.4 Å². The molecule has 0 atom stereocenters. The lowest BCUT2D eigenvalue weighted by Gasteiger charge is -2.35. The van der Waals surface area contributed by atoms with E-state index < -0.39 is 0 Å². The van der Waals surface area contributed by atoms with E-state index in [-0.39, 0.29) is 5.91 Å². The van der Waals surface area contributed by atoms with Crippen LogP contribution in [0, 0.1) is 0 Å². The number of amides is 1. The Hall–Kier alpha value is -4.07. The zero-order valence-corrected chi connectivity index (χ0v) is 17.9. The molecule has 8 nitrogen and oxygen atoms in total. The lowest BCUT2D eigenvalue weighted by atomic mass is 10.1. The minimum absolute atomic E-state index is 0.0767. The van der Waals surface area contributed by atoms with E-state index in [9.17, 15) is 4.79 Å². The Morgan fingerprint density at radius 1 is 1.12 bits per heavy atom. The monoisotopic (exact) mass is 428 g/mol. The van der Waals surface area contributed by atoms with E-state index in [0.717, 1.165) is 34.1 Å². The van der Waals surface area contributed by atoms with Crippen LogP contribution in [-0.2, 0) is 0 Å². The predicted octanol–water partition coefficient (Wildman–Crippen LogP) is 3.90. The number of nitrogens with zero attached hydrogens (tertiary/aromatic N) is 5. The summed E-state index contributed by atoms with van der Waals surface area (Å²) in [5, 5.41) is 3.26. The number of benzene rings is 1. The molecule has 0 saturated carbocycles. The third-order valence-electron chi connectivity index (χ3n) is 5.52. The van der Waals surface area contributed by atoms with Crippen LogP contribution in [0.4, 0.5) is 11.5 Å². The first-order chi connectivity index (χ1) is 15.6. The fourth-order valence-corrected chi connectivity index (χ4v) is 4.02. The topological polar surface area (TPSA) is 78.9 Å². The average molecular weight is 428 g/mol. The molecule has 0 spiro atoms. The van der Waals surface area contributed by atoms with Crippen LogP contribution >= 0.6 is 0 Å². The molecule has 32 heavy (non-hydrogen) atoms. The van der Waals surface area contributed by atoms with Gasteiger partial charge in [-0.25, -0.2) is 9.97 Å². The molecule has 1 aliphatic rings. The number of hydrogen-bond donors (Lipinski definition) is 1. The highest BCUT2D eigenvalue weighted by Gasteiger charge is 2.26. The van der Waals surface area contributed by atoms with Crippen molar-refractivity contribution >= 4 is 23.1 Å². The number of carbonyl (C=O) groups is 1. The molecule has 5 rings (SSSR count). The first-order valence-electron chi connectivity index (χ1n) is 10.5. The summed E-state index contributed by atoms with van der Waals surface area (Å²) < 4.78 is 7.31. The Labute approximate surface area is 185 Å².